The lowest BCUT2D eigenvalue weighted by atomic mass is 10.2. The lowest BCUT2D eigenvalue weighted by Crippen LogP contribution is -2.29. The van der Waals surface area contributed by atoms with Crippen molar-refractivity contribution in [2.75, 3.05) is 6.61 Å². The molecule has 2 nitrogen and oxygen atoms in total. The van der Waals surface area contributed by atoms with Crippen molar-refractivity contribution in [3.8, 4) is 0 Å². The van der Waals surface area contributed by atoms with Crippen molar-refractivity contribution in [3.05, 3.63) is 24.6 Å². The smallest absolute Gasteiger partial charge is 0.133 e. The van der Waals surface area contributed by atoms with Crippen LogP contribution in [0.25, 0.3) is 0 Å². The third kappa shape index (κ3) is 3.54. The summed E-state index contributed by atoms with van der Waals surface area (Å²) in [5.74, 6) is 0. The monoisotopic (exact) mass is 195 g/mol. The Morgan fingerprint density at radius 2 is 2.00 bits per heavy atom. The van der Waals surface area contributed by atoms with Gasteiger partial charge in [-0.25, -0.2) is 0 Å². The zero-order valence-corrected chi connectivity index (χ0v) is 9.28. The van der Waals surface area contributed by atoms with Gasteiger partial charge in [-0.05, 0) is 26.2 Å². The second-order valence-electron chi connectivity index (χ2n) is 3.50. The summed E-state index contributed by atoms with van der Waals surface area (Å²) in [5.41, 5.74) is 0. The van der Waals surface area contributed by atoms with Gasteiger partial charge in [-0.1, -0.05) is 25.5 Å². The van der Waals surface area contributed by atoms with E-state index < -0.39 is 0 Å². The first-order valence-corrected chi connectivity index (χ1v) is 5.60. The maximum atomic E-state index is 5.71. The van der Waals surface area contributed by atoms with Gasteiger partial charge in [0, 0.05) is 19.0 Å². The molecule has 0 aliphatic carbocycles. The number of nitrogens with zero attached hydrogens (tertiary/aromatic N) is 1. The van der Waals surface area contributed by atoms with Crippen molar-refractivity contribution < 1.29 is 4.74 Å². The Labute approximate surface area is 87.2 Å². The van der Waals surface area contributed by atoms with E-state index in [1.54, 1.807) is 0 Å². The minimum atomic E-state index is 0.229. The largest absolute Gasteiger partial charge is 0.358 e. The molecule has 0 saturated carbocycles. The molecular formula is C12H21NO. The Hall–Kier alpha value is -0.760. The van der Waals surface area contributed by atoms with E-state index in [0.717, 1.165) is 19.4 Å². The molecule has 0 fully saturated rings. The van der Waals surface area contributed by atoms with Crippen LogP contribution in [-0.4, -0.2) is 17.7 Å². The van der Waals surface area contributed by atoms with Gasteiger partial charge in [-0.15, -0.1) is 0 Å². The summed E-state index contributed by atoms with van der Waals surface area (Å²) < 4.78 is 5.71. The molecule has 0 radical (unpaired) electrons. The Kier molecular flexibility index (Phi) is 5.38. The van der Waals surface area contributed by atoms with E-state index in [-0.39, 0.29) is 6.23 Å². The first-order chi connectivity index (χ1) is 6.88. The van der Waals surface area contributed by atoms with Gasteiger partial charge >= 0.3 is 0 Å². The lowest BCUT2D eigenvalue weighted by molar-refractivity contribution is -0.0177. The van der Waals surface area contributed by atoms with Crippen LogP contribution in [0.5, 0.6) is 0 Å². The highest BCUT2D eigenvalue weighted by atomic mass is 16.5. The molecule has 2 heteroatoms. The zero-order valence-electron chi connectivity index (χ0n) is 9.28. The molecule has 80 valence electrons. The van der Waals surface area contributed by atoms with Gasteiger partial charge in [0.15, 0.2) is 0 Å². The molecule has 1 aliphatic heterocycles. The van der Waals surface area contributed by atoms with Crippen LogP contribution in [-0.2, 0) is 4.74 Å². The normalized spacial score (nSPS) is 17.4. The molecule has 1 heterocycles. The highest BCUT2D eigenvalue weighted by Gasteiger charge is 2.13. The molecule has 0 aromatic carbocycles. The second-order valence-corrected chi connectivity index (χ2v) is 3.50. The molecule has 1 aliphatic rings. The molecular weight excluding hydrogens is 174 g/mol. The van der Waals surface area contributed by atoms with E-state index in [4.69, 9.17) is 4.74 Å². The number of allylic oxidation sites excluding steroid dienone is 2. The third-order valence-corrected chi connectivity index (χ3v) is 2.32. The average molecular weight is 195 g/mol. The molecule has 14 heavy (non-hydrogen) atoms. The van der Waals surface area contributed by atoms with Crippen LogP contribution in [0.1, 0.15) is 39.5 Å². The molecule has 0 aromatic heterocycles. The third-order valence-electron chi connectivity index (χ3n) is 2.32. The number of hydrogen-bond donors (Lipinski definition) is 0. The van der Waals surface area contributed by atoms with Crippen molar-refractivity contribution in [3.63, 3.8) is 0 Å². The Morgan fingerprint density at radius 1 is 1.29 bits per heavy atom. The number of hydrogen-bond acceptors (Lipinski definition) is 2. The lowest BCUT2D eigenvalue weighted by Gasteiger charge is -2.28. The highest BCUT2D eigenvalue weighted by Crippen LogP contribution is 2.14. The van der Waals surface area contributed by atoms with E-state index >= 15 is 0 Å². The first-order valence-electron chi connectivity index (χ1n) is 5.60. The summed E-state index contributed by atoms with van der Waals surface area (Å²) in [4.78, 5) is 2.17. The van der Waals surface area contributed by atoms with E-state index in [0.29, 0.717) is 0 Å². The van der Waals surface area contributed by atoms with Crippen molar-refractivity contribution in [1.82, 2.24) is 4.90 Å². The van der Waals surface area contributed by atoms with Gasteiger partial charge in [-0.3, -0.25) is 0 Å². The fourth-order valence-corrected chi connectivity index (χ4v) is 1.57. The zero-order chi connectivity index (χ0) is 10.2. The molecule has 0 saturated heterocycles. The van der Waals surface area contributed by atoms with E-state index in [2.05, 4.69) is 43.3 Å². The fraction of sp³-hybridized carbons (Fsp3) is 0.667. The summed E-state index contributed by atoms with van der Waals surface area (Å²) in [6.07, 6.45) is 13.4. The van der Waals surface area contributed by atoms with Crippen LogP contribution < -0.4 is 0 Å². The van der Waals surface area contributed by atoms with Gasteiger partial charge in [-0.2, -0.15) is 0 Å². The minimum absolute atomic E-state index is 0.229. The molecule has 0 bridgehead atoms. The molecule has 0 amide bonds. The van der Waals surface area contributed by atoms with E-state index in [1.807, 2.05) is 0 Å². The van der Waals surface area contributed by atoms with E-state index in [1.165, 1.54) is 12.8 Å². The maximum Gasteiger partial charge on any atom is 0.133 e. The predicted molar refractivity (Wildman–Crippen MR) is 59.7 cm³/mol. The van der Waals surface area contributed by atoms with Crippen LogP contribution in [0.15, 0.2) is 24.6 Å². The summed E-state index contributed by atoms with van der Waals surface area (Å²) in [5, 5.41) is 0. The molecule has 1 atom stereocenters. The van der Waals surface area contributed by atoms with Gasteiger partial charge < -0.3 is 9.64 Å². The Balaban J connectivity index is 2.43. The fourth-order valence-electron chi connectivity index (χ4n) is 1.57. The number of unbranched alkanes of at least 4 members (excludes halogenated alkanes) is 1. The summed E-state index contributed by atoms with van der Waals surface area (Å²) >= 11 is 0. The molecule has 0 N–H and O–H groups in total. The van der Waals surface area contributed by atoms with Crippen molar-refractivity contribution in [1.29, 1.82) is 0 Å². The van der Waals surface area contributed by atoms with Gasteiger partial charge in [0.05, 0.1) is 0 Å². The van der Waals surface area contributed by atoms with Gasteiger partial charge in [0.2, 0.25) is 0 Å². The topological polar surface area (TPSA) is 12.5 Å². The quantitative estimate of drug-likeness (QED) is 0.645. The van der Waals surface area contributed by atoms with Crippen LogP contribution in [0.2, 0.25) is 0 Å². The number of rotatable bonds is 6. The molecule has 1 rings (SSSR count). The summed E-state index contributed by atoms with van der Waals surface area (Å²) in [6.45, 7) is 5.05. The average Bonchev–Trinajstić information content (AvgIpc) is 2.25. The summed E-state index contributed by atoms with van der Waals surface area (Å²) in [7, 11) is 0. The van der Waals surface area contributed by atoms with E-state index in [9.17, 15) is 0 Å². The Bertz CT molecular complexity index is 186. The molecule has 0 aromatic rings. The van der Waals surface area contributed by atoms with Crippen LogP contribution >= 0.6 is 0 Å². The maximum absolute atomic E-state index is 5.71. The number of ether oxygens (including phenoxy) is 1. The summed E-state index contributed by atoms with van der Waals surface area (Å²) in [6, 6.07) is 0. The van der Waals surface area contributed by atoms with Crippen LogP contribution in [0, 0.1) is 0 Å². The predicted octanol–water partition coefficient (Wildman–Crippen LogP) is 3.27. The molecule has 1 unspecified atom stereocenters. The molecule has 0 spiro atoms. The van der Waals surface area contributed by atoms with Crippen molar-refractivity contribution >= 4 is 0 Å². The minimum Gasteiger partial charge on any atom is -0.358 e. The van der Waals surface area contributed by atoms with Gasteiger partial charge in [0.1, 0.15) is 6.23 Å². The van der Waals surface area contributed by atoms with Crippen molar-refractivity contribution in [2.45, 2.75) is 45.8 Å². The first kappa shape index (κ1) is 11.3. The van der Waals surface area contributed by atoms with Crippen LogP contribution in [0.4, 0.5) is 0 Å². The van der Waals surface area contributed by atoms with Gasteiger partial charge in [0.25, 0.3) is 0 Å². The second kappa shape index (κ2) is 6.66. The SMILES string of the molecule is CCCCC(OCC)N1C=CCC=C1. The highest BCUT2D eigenvalue weighted by molar-refractivity contribution is 5.02. The van der Waals surface area contributed by atoms with Crippen molar-refractivity contribution in [2.24, 2.45) is 0 Å². The Morgan fingerprint density at radius 3 is 2.57 bits per heavy atom. The van der Waals surface area contributed by atoms with Crippen LogP contribution in [0.3, 0.4) is 0 Å². The standard InChI is InChI=1S/C12H21NO/c1-3-5-9-12(14-4-2)13-10-7-6-8-11-13/h7-8,10-12H,3-6,9H2,1-2H3.